The molecule has 0 saturated heterocycles. The molecule has 0 atom stereocenters. The van der Waals surface area contributed by atoms with Crippen LogP contribution in [0, 0.1) is 0 Å². The molecule has 20 heavy (non-hydrogen) atoms. The molecule has 3 aromatic rings. The van der Waals surface area contributed by atoms with Gasteiger partial charge in [-0.15, -0.1) is 12.4 Å². The topological polar surface area (TPSA) is 38.9 Å². The van der Waals surface area contributed by atoms with Crippen LogP contribution < -0.4 is 5.73 Å². The minimum Gasteiger partial charge on any atom is -0.399 e. The van der Waals surface area contributed by atoms with Crippen LogP contribution in [0.2, 0.25) is 0 Å². The van der Waals surface area contributed by atoms with E-state index in [2.05, 4.69) is 17.1 Å². The van der Waals surface area contributed by atoms with Crippen molar-refractivity contribution in [1.29, 1.82) is 0 Å². The lowest BCUT2D eigenvalue weighted by atomic mass is 9.97. The van der Waals surface area contributed by atoms with Gasteiger partial charge in [0.05, 0.1) is 5.69 Å². The first-order chi connectivity index (χ1) is 9.34. The van der Waals surface area contributed by atoms with Crippen LogP contribution in [0.5, 0.6) is 0 Å². The van der Waals surface area contributed by atoms with Gasteiger partial charge in [-0.3, -0.25) is 4.98 Å². The Labute approximate surface area is 124 Å². The molecule has 3 rings (SSSR count). The molecule has 0 aliphatic carbocycles. The van der Waals surface area contributed by atoms with Gasteiger partial charge >= 0.3 is 0 Å². The molecule has 0 radical (unpaired) electrons. The number of aromatic nitrogens is 1. The molecule has 2 aromatic carbocycles. The van der Waals surface area contributed by atoms with Gasteiger partial charge < -0.3 is 5.73 Å². The first-order valence-corrected chi connectivity index (χ1v) is 6.21. The molecule has 0 unspecified atom stereocenters. The summed E-state index contributed by atoms with van der Waals surface area (Å²) in [6.45, 7) is 0. The smallest absolute Gasteiger partial charge is 0.0708 e. The van der Waals surface area contributed by atoms with E-state index in [1.807, 2.05) is 60.8 Å². The summed E-state index contributed by atoms with van der Waals surface area (Å²) in [5.74, 6) is 0. The highest BCUT2D eigenvalue weighted by Gasteiger charge is 2.06. The number of nitrogen functional groups attached to an aromatic ring is 1. The standard InChI is InChI=1S/C17H14N2.ClH/c18-14-10-8-13(9-11-14)15-5-1-2-6-16(15)17-7-3-4-12-19-17;/h1-12H,18H2;1H. The Morgan fingerprint density at radius 1 is 0.700 bits per heavy atom. The molecule has 100 valence electrons. The average molecular weight is 283 g/mol. The van der Waals surface area contributed by atoms with Gasteiger partial charge in [-0.25, -0.2) is 0 Å². The third-order valence-electron chi connectivity index (χ3n) is 3.09. The molecule has 1 heterocycles. The van der Waals surface area contributed by atoms with E-state index in [1.54, 1.807) is 0 Å². The number of anilines is 1. The van der Waals surface area contributed by atoms with Gasteiger partial charge in [0.2, 0.25) is 0 Å². The fourth-order valence-electron chi connectivity index (χ4n) is 2.14. The van der Waals surface area contributed by atoms with E-state index < -0.39 is 0 Å². The van der Waals surface area contributed by atoms with Gasteiger partial charge in [0.15, 0.2) is 0 Å². The highest BCUT2D eigenvalue weighted by Crippen LogP contribution is 2.30. The Bertz CT molecular complexity index is 679. The maximum Gasteiger partial charge on any atom is 0.0708 e. The maximum atomic E-state index is 5.74. The van der Waals surface area contributed by atoms with Crippen molar-refractivity contribution in [2.24, 2.45) is 0 Å². The molecule has 0 fully saturated rings. The largest absolute Gasteiger partial charge is 0.399 e. The van der Waals surface area contributed by atoms with E-state index in [0.29, 0.717) is 0 Å². The van der Waals surface area contributed by atoms with Crippen molar-refractivity contribution in [3.05, 3.63) is 72.9 Å². The third kappa shape index (κ3) is 2.81. The lowest BCUT2D eigenvalue weighted by molar-refractivity contribution is 1.33. The predicted molar refractivity (Wildman–Crippen MR) is 86.8 cm³/mol. The normalized spacial score (nSPS) is 9.80. The Balaban J connectivity index is 0.00000147. The molecule has 0 aliphatic rings. The van der Waals surface area contributed by atoms with Crippen molar-refractivity contribution in [3.8, 4) is 22.4 Å². The summed E-state index contributed by atoms with van der Waals surface area (Å²) in [5.41, 5.74) is 10.9. The number of benzene rings is 2. The lowest BCUT2D eigenvalue weighted by Crippen LogP contribution is -1.88. The summed E-state index contributed by atoms with van der Waals surface area (Å²) in [4.78, 5) is 4.43. The molecule has 0 aliphatic heterocycles. The van der Waals surface area contributed by atoms with Crippen LogP contribution in [0.15, 0.2) is 72.9 Å². The Kier molecular flexibility index (Phi) is 4.38. The van der Waals surface area contributed by atoms with Crippen LogP contribution in [-0.2, 0) is 0 Å². The minimum absolute atomic E-state index is 0. The number of nitrogens with zero attached hydrogens (tertiary/aromatic N) is 1. The van der Waals surface area contributed by atoms with E-state index in [0.717, 1.165) is 22.5 Å². The van der Waals surface area contributed by atoms with E-state index in [4.69, 9.17) is 5.73 Å². The maximum absolute atomic E-state index is 5.74. The van der Waals surface area contributed by atoms with Crippen molar-refractivity contribution < 1.29 is 0 Å². The second-order valence-corrected chi connectivity index (χ2v) is 4.38. The highest BCUT2D eigenvalue weighted by atomic mass is 35.5. The van der Waals surface area contributed by atoms with Gasteiger partial charge in [0, 0.05) is 17.4 Å². The molecule has 3 heteroatoms. The van der Waals surface area contributed by atoms with E-state index >= 15 is 0 Å². The van der Waals surface area contributed by atoms with Crippen LogP contribution >= 0.6 is 12.4 Å². The van der Waals surface area contributed by atoms with Crippen LogP contribution in [0.3, 0.4) is 0 Å². The molecule has 0 spiro atoms. The SMILES string of the molecule is Cl.Nc1ccc(-c2ccccc2-c2ccccn2)cc1. The van der Waals surface area contributed by atoms with Crippen molar-refractivity contribution >= 4 is 18.1 Å². The second kappa shape index (κ2) is 6.22. The zero-order chi connectivity index (χ0) is 13.1. The molecular formula is C17H15ClN2. The summed E-state index contributed by atoms with van der Waals surface area (Å²) in [5, 5.41) is 0. The van der Waals surface area contributed by atoms with Crippen molar-refractivity contribution in [2.75, 3.05) is 5.73 Å². The Hall–Kier alpha value is -2.32. The van der Waals surface area contributed by atoms with Gasteiger partial charge in [-0.05, 0) is 35.4 Å². The summed E-state index contributed by atoms with van der Waals surface area (Å²) in [7, 11) is 0. The number of pyridine rings is 1. The fourth-order valence-corrected chi connectivity index (χ4v) is 2.14. The molecule has 0 amide bonds. The number of rotatable bonds is 2. The summed E-state index contributed by atoms with van der Waals surface area (Å²) in [6.07, 6.45) is 1.81. The number of nitrogens with two attached hydrogens (primary N) is 1. The number of hydrogen-bond donors (Lipinski definition) is 1. The van der Waals surface area contributed by atoms with Crippen molar-refractivity contribution in [3.63, 3.8) is 0 Å². The summed E-state index contributed by atoms with van der Waals surface area (Å²) >= 11 is 0. The highest BCUT2D eigenvalue weighted by molar-refractivity contribution is 5.85. The van der Waals surface area contributed by atoms with Gasteiger partial charge in [-0.1, -0.05) is 42.5 Å². The van der Waals surface area contributed by atoms with Crippen LogP contribution in [0.4, 0.5) is 5.69 Å². The number of hydrogen-bond acceptors (Lipinski definition) is 2. The summed E-state index contributed by atoms with van der Waals surface area (Å²) < 4.78 is 0. The summed E-state index contributed by atoms with van der Waals surface area (Å²) in [6, 6.07) is 22.1. The second-order valence-electron chi connectivity index (χ2n) is 4.38. The van der Waals surface area contributed by atoms with Crippen LogP contribution in [0.25, 0.3) is 22.4 Å². The van der Waals surface area contributed by atoms with Crippen molar-refractivity contribution in [1.82, 2.24) is 4.98 Å². The van der Waals surface area contributed by atoms with Crippen molar-refractivity contribution in [2.45, 2.75) is 0 Å². The zero-order valence-corrected chi connectivity index (χ0v) is 11.7. The zero-order valence-electron chi connectivity index (χ0n) is 10.9. The van der Waals surface area contributed by atoms with Crippen LogP contribution in [0.1, 0.15) is 0 Å². The fraction of sp³-hybridized carbons (Fsp3) is 0. The Morgan fingerprint density at radius 3 is 2.00 bits per heavy atom. The van der Waals surface area contributed by atoms with E-state index in [1.165, 1.54) is 5.56 Å². The van der Waals surface area contributed by atoms with E-state index in [9.17, 15) is 0 Å². The molecule has 1 aromatic heterocycles. The molecular weight excluding hydrogens is 268 g/mol. The monoisotopic (exact) mass is 282 g/mol. The predicted octanol–water partition coefficient (Wildman–Crippen LogP) is 4.42. The third-order valence-corrected chi connectivity index (χ3v) is 3.09. The molecule has 0 saturated carbocycles. The van der Waals surface area contributed by atoms with Crippen LogP contribution in [-0.4, -0.2) is 4.98 Å². The minimum atomic E-state index is 0. The van der Waals surface area contributed by atoms with Gasteiger partial charge in [0.25, 0.3) is 0 Å². The first-order valence-electron chi connectivity index (χ1n) is 6.21. The first kappa shape index (κ1) is 14.1. The van der Waals surface area contributed by atoms with Gasteiger partial charge in [-0.2, -0.15) is 0 Å². The average Bonchev–Trinajstić information content (AvgIpc) is 2.49. The Morgan fingerprint density at radius 2 is 1.35 bits per heavy atom. The number of halogens is 1. The van der Waals surface area contributed by atoms with E-state index in [-0.39, 0.29) is 12.4 Å². The molecule has 2 nitrogen and oxygen atoms in total. The quantitative estimate of drug-likeness (QED) is 0.707. The molecule has 2 N–H and O–H groups in total. The van der Waals surface area contributed by atoms with Gasteiger partial charge in [0.1, 0.15) is 0 Å². The lowest BCUT2D eigenvalue weighted by Gasteiger charge is -2.09. The molecule has 0 bridgehead atoms.